The first kappa shape index (κ1) is 32.8. The van der Waals surface area contributed by atoms with Gasteiger partial charge in [0.05, 0.1) is 12.1 Å². The molecule has 56 heavy (non-hydrogen) atoms. The molecule has 0 unspecified atom stereocenters. The van der Waals surface area contributed by atoms with E-state index < -0.39 is 0 Å². The second-order valence-corrected chi connectivity index (χ2v) is 13.8. The summed E-state index contributed by atoms with van der Waals surface area (Å²) >= 11 is 0. The fourth-order valence-corrected chi connectivity index (χ4v) is 7.67. The van der Waals surface area contributed by atoms with Gasteiger partial charge < -0.3 is 0 Å². The summed E-state index contributed by atoms with van der Waals surface area (Å²) in [6, 6.07) is 62.4. The fourth-order valence-electron chi connectivity index (χ4n) is 7.67. The minimum Gasteiger partial charge on any atom is -0.256 e. The van der Waals surface area contributed by atoms with Crippen molar-refractivity contribution in [3.05, 3.63) is 200 Å². The van der Waals surface area contributed by atoms with Crippen LogP contribution in [0.3, 0.4) is 0 Å². The van der Waals surface area contributed by atoms with Gasteiger partial charge >= 0.3 is 0 Å². The number of benzene rings is 8. The molecule has 0 aliphatic carbocycles. The molecule has 0 radical (unpaired) electrons. The molecule has 0 amide bonds. The average Bonchev–Trinajstić information content (AvgIpc) is 3.29. The quantitative estimate of drug-likeness (QED) is 0.127. The molecule has 0 fully saturated rings. The molecule has 0 N–H and O–H groups in total. The van der Waals surface area contributed by atoms with Crippen LogP contribution in [0.15, 0.2) is 188 Å². The van der Waals surface area contributed by atoms with Crippen LogP contribution in [0.1, 0.15) is 0 Å². The van der Waals surface area contributed by atoms with Crippen molar-refractivity contribution in [3.63, 3.8) is 0 Å². The first-order chi connectivity index (χ1) is 27.7. The lowest BCUT2D eigenvalue weighted by molar-refractivity contribution is 1.07. The van der Waals surface area contributed by atoms with E-state index in [4.69, 9.17) is 26.5 Å². The third kappa shape index (κ3) is 5.92. The molecule has 0 saturated carbocycles. The van der Waals surface area contributed by atoms with Gasteiger partial charge in [-0.3, -0.25) is 4.98 Å². The van der Waals surface area contributed by atoms with Gasteiger partial charge in [-0.25, -0.2) is 19.8 Å². The van der Waals surface area contributed by atoms with E-state index in [0.717, 1.165) is 82.5 Å². The summed E-state index contributed by atoms with van der Waals surface area (Å²) in [7, 11) is 0. The minimum atomic E-state index is 0.618. The molecular weight excluding hydrogens is 683 g/mol. The van der Waals surface area contributed by atoms with Gasteiger partial charge in [0.15, 0.2) is 23.2 Å². The Morgan fingerprint density at radius 2 is 0.821 bits per heavy atom. The Morgan fingerprint density at radius 1 is 0.339 bits per heavy atom. The smallest absolute Gasteiger partial charge is 0.187 e. The van der Waals surface area contributed by atoms with Crippen LogP contribution in [-0.2, 0) is 0 Å². The third-order valence-corrected chi connectivity index (χ3v) is 10.3. The van der Waals surface area contributed by atoms with Crippen molar-refractivity contribution in [2.45, 2.75) is 0 Å². The van der Waals surface area contributed by atoms with Crippen molar-refractivity contribution < 1.29 is 0 Å². The summed E-state index contributed by atoms with van der Waals surface area (Å²) in [6.45, 7) is 7.52. The predicted octanol–water partition coefficient (Wildman–Crippen LogP) is 13.3. The zero-order chi connectivity index (χ0) is 37.4. The van der Waals surface area contributed by atoms with Crippen LogP contribution >= 0.6 is 0 Å². The Bertz CT molecular complexity index is 3090. The molecule has 0 saturated heterocycles. The molecule has 0 aliphatic heterocycles. The summed E-state index contributed by atoms with van der Waals surface area (Å²) in [5, 5.41) is 5.70. The highest BCUT2D eigenvalue weighted by Gasteiger charge is 2.17. The first-order valence-corrected chi connectivity index (χ1v) is 18.5. The third-order valence-electron chi connectivity index (χ3n) is 10.3. The van der Waals surface area contributed by atoms with Gasteiger partial charge in [0.1, 0.15) is 0 Å². The molecule has 5 nitrogen and oxygen atoms in total. The van der Waals surface area contributed by atoms with E-state index >= 15 is 0 Å². The van der Waals surface area contributed by atoms with Gasteiger partial charge in [-0.15, -0.1) is 0 Å². The van der Waals surface area contributed by atoms with E-state index in [1.807, 2.05) is 91.1 Å². The predicted molar refractivity (Wildman–Crippen MR) is 229 cm³/mol. The second-order valence-electron chi connectivity index (χ2n) is 13.8. The van der Waals surface area contributed by atoms with E-state index in [-0.39, 0.29) is 0 Å². The van der Waals surface area contributed by atoms with Crippen molar-refractivity contribution in [1.82, 2.24) is 19.9 Å². The number of hydrogen-bond acceptors (Lipinski definition) is 4. The molecular formula is C51H31N5. The first-order valence-electron chi connectivity index (χ1n) is 18.5. The van der Waals surface area contributed by atoms with Crippen LogP contribution in [0.4, 0.5) is 5.69 Å². The summed E-state index contributed by atoms with van der Waals surface area (Å²) < 4.78 is 0. The van der Waals surface area contributed by atoms with Crippen molar-refractivity contribution >= 4 is 38.1 Å². The largest absolute Gasteiger partial charge is 0.256 e. The highest BCUT2D eigenvalue weighted by Crippen LogP contribution is 2.42. The molecule has 0 aliphatic rings. The molecule has 0 spiro atoms. The van der Waals surface area contributed by atoms with Crippen molar-refractivity contribution in [3.8, 4) is 67.5 Å². The van der Waals surface area contributed by atoms with Crippen LogP contribution in [-0.4, -0.2) is 19.9 Å². The van der Waals surface area contributed by atoms with Crippen molar-refractivity contribution in [2.24, 2.45) is 0 Å². The summed E-state index contributed by atoms with van der Waals surface area (Å²) in [6.07, 6.45) is 1.87. The van der Waals surface area contributed by atoms with Crippen LogP contribution < -0.4 is 0 Å². The topological polar surface area (TPSA) is 55.9 Å². The standard InChI is InChI=1S/C51H31N5/c1-52-40-23-12-19-36(30-40)35-18-10-21-38(28-35)45-32-46-42-25-9-8-24-41(42)44(31-47(46)43-26-13-27-53-48(43)45)37-20-11-22-39(29-37)51-55-49(33-14-4-2-5-15-33)54-50(56-51)34-16-6-3-7-17-34/h2-32H. The minimum absolute atomic E-state index is 0.618. The Morgan fingerprint density at radius 3 is 1.52 bits per heavy atom. The molecule has 10 aromatic rings. The highest BCUT2D eigenvalue weighted by atomic mass is 15.0. The van der Waals surface area contributed by atoms with Crippen LogP contribution in [0.5, 0.6) is 0 Å². The summed E-state index contributed by atoms with van der Waals surface area (Å²) in [5.74, 6) is 1.88. The Kier molecular flexibility index (Phi) is 8.13. The summed E-state index contributed by atoms with van der Waals surface area (Å²) in [5.41, 5.74) is 10.7. The number of pyridine rings is 1. The lowest BCUT2D eigenvalue weighted by atomic mass is 9.88. The lowest BCUT2D eigenvalue weighted by Gasteiger charge is -2.16. The molecule has 0 atom stereocenters. The van der Waals surface area contributed by atoms with E-state index in [9.17, 15) is 0 Å². The maximum atomic E-state index is 7.52. The van der Waals surface area contributed by atoms with Gasteiger partial charge in [-0.2, -0.15) is 0 Å². The molecule has 2 heterocycles. The number of hydrogen-bond donors (Lipinski definition) is 0. The molecule has 0 bridgehead atoms. The molecule has 8 aromatic carbocycles. The van der Waals surface area contributed by atoms with E-state index in [1.165, 1.54) is 0 Å². The Hall–Kier alpha value is -7.81. The lowest BCUT2D eigenvalue weighted by Crippen LogP contribution is -2.00. The molecule has 2 aromatic heterocycles. The monoisotopic (exact) mass is 713 g/mol. The van der Waals surface area contributed by atoms with Crippen LogP contribution in [0.25, 0.3) is 105 Å². The van der Waals surface area contributed by atoms with Gasteiger partial charge in [-0.05, 0) is 85.8 Å². The highest BCUT2D eigenvalue weighted by molar-refractivity contribution is 6.23. The van der Waals surface area contributed by atoms with Gasteiger partial charge in [-0.1, -0.05) is 146 Å². The van der Waals surface area contributed by atoms with Gasteiger partial charge in [0, 0.05) is 33.8 Å². The van der Waals surface area contributed by atoms with Gasteiger partial charge in [0.2, 0.25) is 0 Å². The van der Waals surface area contributed by atoms with Crippen LogP contribution in [0, 0.1) is 6.57 Å². The van der Waals surface area contributed by atoms with E-state index in [0.29, 0.717) is 23.2 Å². The average molecular weight is 714 g/mol. The maximum Gasteiger partial charge on any atom is 0.187 e. The number of rotatable bonds is 6. The second kappa shape index (κ2) is 13.9. The zero-order valence-corrected chi connectivity index (χ0v) is 30.1. The number of aromatic nitrogens is 4. The van der Waals surface area contributed by atoms with Crippen LogP contribution in [0.2, 0.25) is 0 Å². The van der Waals surface area contributed by atoms with Crippen molar-refractivity contribution in [2.75, 3.05) is 0 Å². The maximum absolute atomic E-state index is 7.52. The molecule has 10 rings (SSSR count). The Labute approximate surface area is 324 Å². The Balaban J connectivity index is 1.15. The molecule has 5 heteroatoms. The number of nitrogens with zero attached hydrogens (tertiary/aromatic N) is 5. The normalized spacial score (nSPS) is 11.2. The van der Waals surface area contributed by atoms with Gasteiger partial charge in [0.25, 0.3) is 0 Å². The molecule has 260 valence electrons. The summed E-state index contributed by atoms with van der Waals surface area (Å²) in [4.78, 5) is 23.6. The fraction of sp³-hybridized carbons (Fsp3) is 0. The SMILES string of the molecule is [C-]#[N+]c1cccc(-c2cccc(-c3cc4c5ccccc5c(-c5cccc(-c6nc(-c7ccccc7)nc(-c7ccccc7)n6)c5)cc4c4cccnc34)c2)c1. The zero-order valence-electron chi connectivity index (χ0n) is 30.1. The van der Waals surface area contributed by atoms with E-state index in [1.54, 1.807) is 0 Å². The van der Waals surface area contributed by atoms with E-state index in [2.05, 4.69) is 102 Å². The van der Waals surface area contributed by atoms with Crippen molar-refractivity contribution in [1.29, 1.82) is 0 Å². The number of fused-ring (bicyclic) bond motifs is 5.